The maximum atomic E-state index is 13.9. The summed E-state index contributed by atoms with van der Waals surface area (Å²) in [5.74, 6) is 0.872. The van der Waals surface area contributed by atoms with E-state index in [0.29, 0.717) is 27.4 Å². The third-order valence-corrected chi connectivity index (χ3v) is 7.88. The summed E-state index contributed by atoms with van der Waals surface area (Å²) in [6.45, 7) is 4.05. The molecule has 7 heteroatoms. The quantitative estimate of drug-likeness (QED) is 0.333. The average molecular weight is 525 g/mol. The maximum Gasteiger partial charge on any atom is 0.271 e. The Kier molecular flexibility index (Phi) is 6.29. The Balaban J connectivity index is 1.53. The van der Waals surface area contributed by atoms with Gasteiger partial charge in [0, 0.05) is 5.56 Å². The molecule has 3 aromatic carbocycles. The van der Waals surface area contributed by atoms with Gasteiger partial charge in [-0.1, -0.05) is 66.5 Å². The number of aromatic nitrogens is 1. The van der Waals surface area contributed by atoms with Crippen LogP contribution >= 0.6 is 11.3 Å². The second-order valence-electron chi connectivity index (χ2n) is 9.18. The first kappa shape index (κ1) is 24.1. The fraction of sp³-hybridized carbons (Fsp3) is 0.161. The summed E-state index contributed by atoms with van der Waals surface area (Å²) in [6, 6.07) is 19.9. The van der Waals surface area contributed by atoms with E-state index < -0.39 is 0 Å². The zero-order chi connectivity index (χ0) is 26.2. The van der Waals surface area contributed by atoms with Gasteiger partial charge >= 0.3 is 0 Å². The van der Waals surface area contributed by atoms with Crippen molar-refractivity contribution in [2.24, 2.45) is 4.99 Å². The van der Waals surface area contributed by atoms with E-state index in [1.165, 1.54) is 29.0 Å². The van der Waals surface area contributed by atoms with E-state index in [4.69, 9.17) is 14.5 Å². The molecule has 0 saturated heterocycles. The highest BCUT2D eigenvalue weighted by Gasteiger charge is 2.32. The minimum absolute atomic E-state index is 0.126. The molecule has 0 N–H and O–H groups in total. The Hall–Kier alpha value is -4.23. The van der Waals surface area contributed by atoms with Crippen LogP contribution in [0.3, 0.4) is 0 Å². The number of thiazole rings is 1. The summed E-state index contributed by atoms with van der Waals surface area (Å²) in [7, 11) is 1.58. The largest absolute Gasteiger partial charge is 0.493 e. The van der Waals surface area contributed by atoms with E-state index in [2.05, 4.69) is 18.7 Å². The maximum absolute atomic E-state index is 13.9. The molecule has 5 nitrogen and oxygen atoms in total. The van der Waals surface area contributed by atoms with E-state index in [1.807, 2.05) is 36.4 Å². The van der Waals surface area contributed by atoms with Crippen LogP contribution in [-0.4, -0.2) is 18.3 Å². The number of allylic oxidation sites excluding steroid dienone is 1. The van der Waals surface area contributed by atoms with Crippen molar-refractivity contribution in [2.75, 3.05) is 13.7 Å². The van der Waals surface area contributed by atoms with Crippen LogP contribution < -0.4 is 24.4 Å². The van der Waals surface area contributed by atoms with E-state index in [0.717, 1.165) is 40.8 Å². The van der Waals surface area contributed by atoms with E-state index >= 15 is 0 Å². The summed E-state index contributed by atoms with van der Waals surface area (Å²) in [5, 5.41) is 0. The van der Waals surface area contributed by atoms with Gasteiger partial charge in [0.05, 0.1) is 23.4 Å². The molecule has 0 fully saturated rings. The van der Waals surface area contributed by atoms with Gasteiger partial charge < -0.3 is 9.47 Å². The number of halogens is 1. The molecule has 1 aromatic heterocycles. The van der Waals surface area contributed by atoms with Gasteiger partial charge in [-0.15, -0.1) is 0 Å². The smallest absolute Gasteiger partial charge is 0.271 e. The topological polar surface area (TPSA) is 52.8 Å². The van der Waals surface area contributed by atoms with Crippen molar-refractivity contribution >= 4 is 23.1 Å². The van der Waals surface area contributed by atoms with Crippen molar-refractivity contribution in [3.05, 3.63) is 133 Å². The molecule has 0 bridgehead atoms. The van der Waals surface area contributed by atoms with Gasteiger partial charge in [-0.2, -0.15) is 0 Å². The molecule has 6 rings (SSSR count). The molecule has 1 atom stereocenters. The number of ether oxygens (including phenoxy) is 2. The Bertz CT molecular complexity index is 1770. The Morgan fingerprint density at radius 3 is 2.71 bits per heavy atom. The summed E-state index contributed by atoms with van der Waals surface area (Å²) in [6.07, 6.45) is 5.17. The number of hydrogen-bond acceptors (Lipinski definition) is 5. The Morgan fingerprint density at radius 1 is 1.11 bits per heavy atom. The van der Waals surface area contributed by atoms with Crippen molar-refractivity contribution in [1.82, 2.24) is 4.57 Å². The third kappa shape index (κ3) is 4.19. The summed E-state index contributed by atoms with van der Waals surface area (Å²) in [5.41, 5.74) is 5.89. The summed E-state index contributed by atoms with van der Waals surface area (Å²) < 4.78 is 27.3. The first-order valence-corrected chi connectivity index (χ1v) is 13.2. The van der Waals surface area contributed by atoms with Crippen LogP contribution in [0.15, 0.2) is 94.7 Å². The van der Waals surface area contributed by atoms with E-state index in [1.54, 1.807) is 29.9 Å². The van der Waals surface area contributed by atoms with Gasteiger partial charge in [-0.3, -0.25) is 9.36 Å². The lowest BCUT2D eigenvalue weighted by Gasteiger charge is -2.30. The predicted molar refractivity (Wildman–Crippen MR) is 148 cm³/mol. The molecule has 0 unspecified atom stereocenters. The zero-order valence-corrected chi connectivity index (χ0v) is 21.6. The van der Waals surface area contributed by atoms with Crippen LogP contribution in [0.2, 0.25) is 0 Å². The minimum atomic E-state index is -0.346. The molecule has 0 radical (unpaired) electrons. The molecular formula is C31H25FN2O3S. The standard InChI is InChI=1S/C31H25FN2O3S/c1-3-16-37-25-15-8-19(17-26(25)36-2)18-27-30(35)34-29(21-9-12-22(32)13-10-21)24-14-11-20-6-4-5-7-23(20)28(24)33-31(34)38-27/h3-10,12-13,15,17-18,29H,1,11,14,16H2,2H3/b27-18+/t29-/m0/s1. The first-order chi connectivity index (χ1) is 18.6. The van der Waals surface area contributed by atoms with Crippen molar-refractivity contribution < 1.29 is 13.9 Å². The fourth-order valence-corrected chi connectivity index (χ4v) is 6.16. The zero-order valence-electron chi connectivity index (χ0n) is 20.8. The number of methoxy groups -OCH3 is 1. The number of fused-ring (bicyclic) bond motifs is 3. The molecular weight excluding hydrogens is 499 g/mol. The van der Waals surface area contributed by atoms with Crippen LogP contribution in [0.25, 0.3) is 11.8 Å². The highest BCUT2D eigenvalue weighted by Crippen LogP contribution is 2.41. The van der Waals surface area contributed by atoms with Crippen LogP contribution in [-0.2, 0) is 6.42 Å². The van der Waals surface area contributed by atoms with Crippen molar-refractivity contribution in [1.29, 1.82) is 0 Å². The highest BCUT2D eigenvalue weighted by atomic mass is 32.1. The van der Waals surface area contributed by atoms with Crippen molar-refractivity contribution in [3.8, 4) is 11.5 Å². The molecule has 0 saturated carbocycles. The highest BCUT2D eigenvalue weighted by molar-refractivity contribution is 7.07. The summed E-state index contributed by atoms with van der Waals surface area (Å²) in [4.78, 5) is 19.5. The fourth-order valence-electron chi connectivity index (χ4n) is 5.16. The monoisotopic (exact) mass is 524 g/mol. The molecule has 0 spiro atoms. The van der Waals surface area contributed by atoms with Crippen LogP contribution in [0.1, 0.15) is 34.7 Å². The normalized spacial score (nSPS) is 16.3. The third-order valence-electron chi connectivity index (χ3n) is 6.90. The van der Waals surface area contributed by atoms with Gasteiger partial charge in [0.25, 0.3) is 5.56 Å². The summed E-state index contributed by atoms with van der Waals surface area (Å²) >= 11 is 1.35. The Labute approximate surface area is 223 Å². The lowest BCUT2D eigenvalue weighted by Crippen LogP contribution is -2.38. The number of nitrogens with zero attached hydrogens (tertiary/aromatic N) is 2. The molecule has 2 aliphatic rings. The lowest BCUT2D eigenvalue weighted by molar-refractivity contribution is 0.326. The van der Waals surface area contributed by atoms with Gasteiger partial charge in [0.15, 0.2) is 16.3 Å². The van der Waals surface area contributed by atoms with E-state index in [-0.39, 0.29) is 17.4 Å². The molecule has 1 aliphatic heterocycles. The number of benzene rings is 3. The SMILES string of the molecule is C=CCOc1ccc(/C=c2/sc3n(c2=O)[C@@H](c2ccc(F)cc2)C2=C(N=3)c3ccccc3CC2)cc1OC. The Morgan fingerprint density at radius 2 is 1.92 bits per heavy atom. The van der Waals surface area contributed by atoms with Gasteiger partial charge in [0.2, 0.25) is 0 Å². The van der Waals surface area contributed by atoms with Crippen LogP contribution in [0, 0.1) is 5.82 Å². The predicted octanol–water partition coefficient (Wildman–Crippen LogP) is 5.03. The molecule has 190 valence electrons. The number of hydrogen-bond donors (Lipinski definition) is 0. The lowest BCUT2D eigenvalue weighted by atomic mass is 9.83. The van der Waals surface area contributed by atoms with Crippen molar-refractivity contribution in [2.45, 2.75) is 18.9 Å². The minimum Gasteiger partial charge on any atom is -0.493 e. The number of rotatable bonds is 6. The molecule has 2 heterocycles. The second kappa shape index (κ2) is 9.91. The van der Waals surface area contributed by atoms with Gasteiger partial charge in [0.1, 0.15) is 12.4 Å². The van der Waals surface area contributed by atoms with Crippen molar-refractivity contribution in [3.63, 3.8) is 0 Å². The molecule has 1 aliphatic carbocycles. The first-order valence-electron chi connectivity index (χ1n) is 12.4. The molecule has 0 amide bonds. The van der Waals surface area contributed by atoms with Crippen LogP contribution in [0.5, 0.6) is 11.5 Å². The second-order valence-corrected chi connectivity index (χ2v) is 10.2. The number of aryl methyl sites for hydroxylation is 1. The molecule has 38 heavy (non-hydrogen) atoms. The van der Waals surface area contributed by atoms with Crippen LogP contribution in [0.4, 0.5) is 4.39 Å². The van der Waals surface area contributed by atoms with Gasteiger partial charge in [-0.05, 0) is 65.4 Å². The average Bonchev–Trinajstić information content (AvgIpc) is 3.25. The molecule has 4 aromatic rings. The van der Waals surface area contributed by atoms with Gasteiger partial charge in [-0.25, -0.2) is 9.38 Å². The van der Waals surface area contributed by atoms with E-state index in [9.17, 15) is 9.18 Å².